The van der Waals surface area contributed by atoms with Crippen LogP contribution in [0.2, 0.25) is 5.04 Å². The molecule has 0 radical (unpaired) electrons. The summed E-state index contributed by atoms with van der Waals surface area (Å²) in [7, 11) is -2.59. The van der Waals surface area contributed by atoms with E-state index in [1.165, 1.54) is 10.4 Å². The summed E-state index contributed by atoms with van der Waals surface area (Å²) in [6.45, 7) is 7.75. The van der Waals surface area contributed by atoms with E-state index in [9.17, 15) is 5.11 Å². The van der Waals surface area contributed by atoms with Crippen molar-refractivity contribution in [2.45, 2.75) is 44.4 Å². The summed E-state index contributed by atoms with van der Waals surface area (Å²) in [4.78, 5) is 0. The van der Waals surface area contributed by atoms with Crippen LogP contribution in [0.4, 0.5) is 0 Å². The molecule has 0 aromatic heterocycles. The van der Waals surface area contributed by atoms with Gasteiger partial charge in [-0.3, -0.25) is 0 Å². The fraction of sp³-hybridized carbons (Fsp3) is 0.429. The highest BCUT2D eigenvalue weighted by molar-refractivity contribution is 6.99. The topological polar surface area (TPSA) is 38.7 Å². The van der Waals surface area contributed by atoms with Crippen molar-refractivity contribution in [3.8, 4) is 0 Å². The molecule has 0 amide bonds. The van der Waals surface area contributed by atoms with Gasteiger partial charge in [-0.15, -0.1) is 0 Å². The molecular formula is C21H28O3Si. The molecule has 1 N–H and O–H groups in total. The molecule has 3 rings (SSSR count). The summed E-state index contributed by atoms with van der Waals surface area (Å²) in [5.74, 6) is 0. The van der Waals surface area contributed by atoms with Crippen LogP contribution in [0.15, 0.2) is 60.7 Å². The Hall–Kier alpha value is -1.46. The molecule has 0 aliphatic carbocycles. The van der Waals surface area contributed by atoms with Gasteiger partial charge in [0.2, 0.25) is 0 Å². The fourth-order valence-electron chi connectivity index (χ4n) is 3.76. The zero-order chi connectivity index (χ0) is 17.9. The average Bonchev–Trinajstić information content (AvgIpc) is 2.61. The van der Waals surface area contributed by atoms with Gasteiger partial charge in [0.05, 0.1) is 12.7 Å². The maximum atomic E-state index is 10.5. The van der Waals surface area contributed by atoms with Crippen molar-refractivity contribution in [1.82, 2.24) is 0 Å². The van der Waals surface area contributed by atoms with Crippen LogP contribution >= 0.6 is 0 Å². The molecule has 2 atom stereocenters. The summed E-state index contributed by atoms with van der Waals surface area (Å²) >= 11 is 0. The van der Waals surface area contributed by atoms with Crippen molar-refractivity contribution >= 4 is 18.7 Å². The van der Waals surface area contributed by atoms with Crippen LogP contribution in [0.1, 0.15) is 27.2 Å². The Labute approximate surface area is 151 Å². The van der Waals surface area contributed by atoms with Gasteiger partial charge in [0.15, 0.2) is 0 Å². The number of aliphatic hydroxyl groups is 1. The fourth-order valence-corrected chi connectivity index (χ4v) is 8.50. The van der Waals surface area contributed by atoms with Gasteiger partial charge in [-0.25, -0.2) is 0 Å². The first kappa shape index (κ1) is 18.3. The van der Waals surface area contributed by atoms with Gasteiger partial charge in [0.25, 0.3) is 8.32 Å². The van der Waals surface area contributed by atoms with Gasteiger partial charge in [-0.1, -0.05) is 81.4 Å². The van der Waals surface area contributed by atoms with Crippen LogP contribution in [-0.2, 0) is 9.16 Å². The number of aliphatic hydroxyl groups excluding tert-OH is 1. The van der Waals surface area contributed by atoms with Crippen molar-refractivity contribution in [3.05, 3.63) is 60.7 Å². The lowest BCUT2D eigenvalue weighted by Gasteiger charge is -2.46. The quantitative estimate of drug-likeness (QED) is 0.856. The van der Waals surface area contributed by atoms with Gasteiger partial charge in [-0.2, -0.15) is 0 Å². The molecule has 0 unspecified atom stereocenters. The van der Waals surface area contributed by atoms with Crippen molar-refractivity contribution in [1.29, 1.82) is 0 Å². The predicted octanol–water partition coefficient (Wildman–Crippen LogP) is 2.71. The minimum Gasteiger partial charge on any atom is -0.402 e. The lowest BCUT2D eigenvalue weighted by atomic mass is 10.1. The molecule has 2 aromatic carbocycles. The number of hydrogen-bond acceptors (Lipinski definition) is 3. The molecule has 25 heavy (non-hydrogen) atoms. The maximum Gasteiger partial charge on any atom is 0.261 e. The summed E-state index contributed by atoms with van der Waals surface area (Å²) in [5.41, 5.74) is 0. The normalized spacial score (nSPS) is 21.9. The lowest BCUT2D eigenvalue weighted by molar-refractivity contribution is -0.0784. The first-order chi connectivity index (χ1) is 11.9. The van der Waals surface area contributed by atoms with Gasteiger partial charge >= 0.3 is 0 Å². The molecule has 1 fully saturated rings. The summed E-state index contributed by atoms with van der Waals surface area (Å²) in [6.07, 6.45) is -0.0403. The predicted molar refractivity (Wildman–Crippen MR) is 104 cm³/mol. The second-order valence-corrected chi connectivity index (χ2v) is 12.0. The van der Waals surface area contributed by atoms with E-state index in [-0.39, 0.29) is 11.1 Å². The number of hydrogen-bond donors (Lipinski definition) is 1. The van der Waals surface area contributed by atoms with Gasteiger partial charge in [0, 0.05) is 6.61 Å². The van der Waals surface area contributed by atoms with Crippen LogP contribution in [0.25, 0.3) is 0 Å². The van der Waals surface area contributed by atoms with Crippen molar-refractivity contribution in [3.63, 3.8) is 0 Å². The van der Waals surface area contributed by atoms with Crippen LogP contribution in [-0.4, -0.2) is 38.8 Å². The van der Waals surface area contributed by atoms with Crippen molar-refractivity contribution < 1.29 is 14.3 Å². The van der Waals surface area contributed by atoms with Crippen LogP contribution in [0.5, 0.6) is 0 Å². The number of rotatable bonds is 4. The number of ether oxygens (including phenoxy) is 1. The largest absolute Gasteiger partial charge is 0.402 e. The van der Waals surface area contributed by atoms with Crippen molar-refractivity contribution in [2.24, 2.45) is 0 Å². The van der Waals surface area contributed by atoms with E-state index in [1.54, 1.807) is 0 Å². The van der Waals surface area contributed by atoms with Crippen LogP contribution in [0, 0.1) is 0 Å². The van der Waals surface area contributed by atoms with Gasteiger partial charge in [-0.05, 0) is 21.8 Å². The third-order valence-corrected chi connectivity index (χ3v) is 10.1. The zero-order valence-electron chi connectivity index (χ0n) is 15.3. The molecule has 0 bridgehead atoms. The Balaban J connectivity index is 2.15. The molecule has 1 heterocycles. The first-order valence-electron chi connectivity index (χ1n) is 9.00. The van der Waals surface area contributed by atoms with E-state index in [2.05, 4.69) is 69.3 Å². The summed E-state index contributed by atoms with van der Waals surface area (Å²) < 4.78 is 12.3. The Kier molecular flexibility index (Phi) is 5.44. The molecular weight excluding hydrogens is 328 g/mol. The second kappa shape index (κ2) is 7.42. The summed E-state index contributed by atoms with van der Waals surface area (Å²) in [5, 5.41) is 12.9. The Bertz CT molecular complexity index is 627. The molecule has 134 valence electrons. The van der Waals surface area contributed by atoms with E-state index >= 15 is 0 Å². The Morgan fingerprint density at radius 2 is 1.48 bits per heavy atom. The number of benzene rings is 2. The van der Waals surface area contributed by atoms with E-state index in [0.717, 1.165) is 6.42 Å². The zero-order valence-corrected chi connectivity index (χ0v) is 16.3. The highest BCUT2D eigenvalue weighted by Gasteiger charge is 2.52. The third-order valence-electron chi connectivity index (χ3n) is 5.01. The molecule has 2 aromatic rings. The molecule has 3 nitrogen and oxygen atoms in total. The SMILES string of the molecule is CC(C)(C)[Si](O[C@@H]1CCOC[C@H]1O)(c1ccccc1)c1ccccc1. The van der Waals surface area contributed by atoms with Crippen LogP contribution in [0.3, 0.4) is 0 Å². The lowest BCUT2D eigenvalue weighted by Crippen LogP contribution is -2.69. The molecule has 0 saturated carbocycles. The van der Waals surface area contributed by atoms with E-state index in [1.807, 2.05) is 12.1 Å². The summed E-state index contributed by atoms with van der Waals surface area (Å²) in [6, 6.07) is 21.1. The van der Waals surface area contributed by atoms with Crippen LogP contribution < -0.4 is 10.4 Å². The van der Waals surface area contributed by atoms with E-state index in [4.69, 9.17) is 9.16 Å². The monoisotopic (exact) mass is 356 g/mol. The maximum absolute atomic E-state index is 10.5. The molecule has 4 heteroatoms. The Morgan fingerprint density at radius 1 is 0.960 bits per heavy atom. The smallest absolute Gasteiger partial charge is 0.261 e. The standard InChI is InChI=1S/C21H28O3Si/c1-21(2,3)25(17-10-6-4-7-11-17,18-12-8-5-9-13-18)24-20-14-15-23-16-19(20)22/h4-13,19-20,22H,14-16H2,1-3H3/t19-,20-/m1/s1. The molecule has 0 spiro atoms. The highest BCUT2D eigenvalue weighted by Crippen LogP contribution is 2.38. The van der Waals surface area contributed by atoms with Gasteiger partial charge < -0.3 is 14.3 Å². The van der Waals surface area contributed by atoms with E-state index in [0.29, 0.717) is 13.2 Å². The average molecular weight is 357 g/mol. The van der Waals surface area contributed by atoms with E-state index < -0.39 is 14.4 Å². The Morgan fingerprint density at radius 3 is 1.92 bits per heavy atom. The molecule has 1 saturated heterocycles. The highest BCUT2D eigenvalue weighted by atomic mass is 28.4. The third kappa shape index (κ3) is 3.58. The minimum absolute atomic E-state index is 0.0757. The molecule has 1 aliphatic heterocycles. The van der Waals surface area contributed by atoms with Crippen molar-refractivity contribution in [2.75, 3.05) is 13.2 Å². The van der Waals surface area contributed by atoms with Gasteiger partial charge in [0.1, 0.15) is 6.10 Å². The minimum atomic E-state index is -2.59. The first-order valence-corrected chi connectivity index (χ1v) is 10.9. The molecule has 1 aliphatic rings. The second-order valence-electron chi connectivity index (χ2n) is 7.75.